The van der Waals surface area contributed by atoms with Gasteiger partial charge in [-0.2, -0.15) is 5.10 Å². The zero-order valence-corrected chi connectivity index (χ0v) is 11.8. The Bertz CT molecular complexity index is 434. The topological polar surface area (TPSA) is 58.4 Å². The number of nitrogens with zero attached hydrogens (tertiary/aromatic N) is 3. The molecule has 0 atom stereocenters. The van der Waals surface area contributed by atoms with Crippen molar-refractivity contribution in [3.8, 4) is 0 Å². The first-order valence-corrected chi connectivity index (χ1v) is 7.00. The van der Waals surface area contributed by atoms with E-state index >= 15 is 0 Å². The summed E-state index contributed by atoms with van der Waals surface area (Å²) in [7, 11) is 0. The van der Waals surface area contributed by atoms with Crippen LogP contribution in [0.25, 0.3) is 0 Å². The Morgan fingerprint density at radius 1 is 1.42 bits per heavy atom. The number of hydrogen-bond donors (Lipinski definition) is 1. The number of aliphatic hydroxyl groups excluding tert-OH is 1. The summed E-state index contributed by atoms with van der Waals surface area (Å²) in [6.07, 6.45) is 2.34. The Morgan fingerprint density at radius 2 is 2.11 bits per heavy atom. The molecule has 5 heteroatoms. The minimum Gasteiger partial charge on any atom is -0.396 e. The van der Waals surface area contributed by atoms with Gasteiger partial charge in [-0.3, -0.25) is 9.48 Å². The van der Waals surface area contributed by atoms with Crippen molar-refractivity contribution >= 4 is 5.91 Å². The highest BCUT2D eigenvalue weighted by atomic mass is 16.3. The average molecular weight is 265 g/mol. The number of aliphatic hydroxyl groups is 1. The first-order chi connectivity index (χ1) is 9.10. The fraction of sp³-hybridized carbons (Fsp3) is 0.714. The number of piperidine rings is 1. The van der Waals surface area contributed by atoms with Crippen molar-refractivity contribution in [3.05, 3.63) is 17.5 Å². The van der Waals surface area contributed by atoms with Gasteiger partial charge in [0.15, 0.2) is 0 Å². The second-order valence-electron chi connectivity index (χ2n) is 5.41. The molecule has 0 radical (unpaired) electrons. The Balaban J connectivity index is 1.80. The second-order valence-corrected chi connectivity index (χ2v) is 5.41. The van der Waals surface area contributed by atoms with Crippen molar-refractivity contribution in [2.45, 2.75) is 39.7 Å². The van der Waals surface area contributed by atoms with Crippen LogP contribution in [0.15, 0.2) is 6.07 Å². The number of aryl methyl sites for hydroxylation is 3. The first kappa shape index (κ1) is 14.1. The normalized spacial score (nSPS) is 16.9. The first-order valence-electron chi connectivity index (χ1n) is 7.00. The van der Waals surface area contributed by atoms with Gasteiger partial charge in [-0.1, -0.05) is 0 Å². The van der Waals surface area contributed by atoms with Gasteiger partial charge in [0, 0.05) is 38.4 Å². The van der Waals surface area contributed by atoms with E-state index in [2.05, 4.69) is 5.10 Å². The largest absolute Gasteiger partial charge is 0.396 e. The zero-order chi connectivity index (χ0) is 13.8. The molecule has 1 aliphatic rings. The molecule has 2 rings (SSSR count). The summed E-state index contributed by atoms with van der Waals surface area (Å²) < 4.78 is 1.90. The Labute approximate surface area is 114 Å². The van der Waals surface area contributed by atoms with Crippen LogP contribution in [0.4, 0.5) is 0 Å². The predicted molar refractivity (Wildman–Crippen MR) is 72.7 cm³/mol. The molecule has 2 heterocycles. The van der Waals surface area contributed by atoms with Gasteiger partial charge >= 0.3 is 0 Å². The van der Waals surface area contributed by atoms with Crippen LogP contribution < -0.4 is 0 Å². The van der Waals surface area contributed by atoms with Crippen LogP contribution in [0.1, 0.15) is 30.7 Å². The molecule has 1 aliphatic heterocycles. The lowest BCUT2D eigenvalue weighted by molar-refractivity contribution is -0.133. The lowest BCUT2D eigenvalue weighted by Gasteiger charge is -2.31. The number of amides is 1. The third-order valence-corrected chi connectivity index (χ3v) is 3.87. The summed E-state index contributed by atoms with van der Waals surface area (Å²) in [5, 5.41) is 13.5. The molecule has 0 unspecified atom stereocenters. The van der Waals surface area contributed by atoms with Crippen LogP contribution in [0, 0.1) is 19.8 Å². The van der Waals surface area contributed by atoms with Gasteiger partial charge in [0.05, 0.1) is 5.69 Å². The number of carbonyl (C=O) groups excluding carboxylic acids is 1. The minimum absolute atomic E-state index is 0.198. The van der Waals surface area contributed by atoms with E-state index in [0.717, 1.165) is 37.3 Å². The molecule has 1 N–H and O–H groups in total. The summed E-state index contributed by atoms with van der Waals surface area (Å²) in [4.78, 5) is 14.0. The monoisotopic (exact) mass is 265 g/mol. The van der Waals surface area contributed by atoms with Crippen molar-refractivity contribution < 1.29 is 9.90 Å². The maximum absolute atomic E-state index is 12.1. The van der Waals surface area contributed by atoms with Crippen molar-refractivity contribution in [2.24, 2.45) is 5.92 Å². The molecule has 19 heavy (non-hydrogen) atoms. The van der Waals surface area contributed by atoms with Gasteiger partial charge in [-0.25, -0.2) is 0 Å². The number of likely N-dealkylation sites (tertiary alicyclic amines) is 1. The van der Waals surface area contributed by atoms with E-state index in [9.17, 15) is 4.79 Å². The SMILES string of the molecule is Cc1cc(C)n(CCC(=O)N2CCC(CO)CC2)n1. The molecule has 0 saturated carbocycles. The van der Waals surface area contributed by atoms with E-state index < -0.39 is 0 Å². The maximum atomic E-state index is 12.1. The van der Waals surface area contributed by atoms with Gasteiger partial charge in [0.25, 0.3) is 0 Å². The molecule has 0 spiro atoms. The molecule has 0 aliphatic carbocycles. The van der Waals surface area contributed by atoms with Crippen molar-refractivity contribution in [3.63, 3.8) is 0 Å². The highest BCUT2D eigenvalue weighted by molar-refractivity contribution is 5.76. The van der Waals surface area contributed by atoms with E-state index in [0.29, 0.717) is 18.9 Å². The van der Waals surface area contributed by atoms with E-state index in [-0.39, 0.29) is 12.5 Å². The molecule has 1 aromatic heterocycles. The lowest BCUT2D eigenvalue weighted by Crippen LogP contribution is -2.39. The molecule has 106 valence electrons. The van der Waals surface area contributed by atoms with Crippen LogP contribution in [-0.2, 0) is 11.3 Å². The molecule has 0 bridgehead atoms. The van der Waals surface area contributed by atoms with Gasteiger partial charge in [-0.15, -0.1) is 0 Å². The van der Waals surface area contributed by atoms with E-state index in [1.54, 1.807) is 0 Å². The van der Waals surface area contributed by atoms with Crippen LogP contribution in [0.2, 0.25) is 0 Å². The Hall–Kier alpha value is -1.36. The molecule has 1 fully saturated rings. The highest BCUT2D eigenvalue weighted by Gasteiger charge is 2.22. The summed E-state index contributed by atoms with van der Waals surface area (Å²) in [6, 6.07) is 2.03. The van der Waals surface area contributed by atoms with Gasteiger partial charge < -0.3 is 10.0 Å². The number of carbonyl (C=O) groups is 1. The van der Waals surface area contributed by atoms with Crippen molar-refractivity contribution in [2.75, 3.05) is 19.7 Å². The summed E-state index contributed by atoms with van der Waals surface area (Å²) in [5.41, 5.74) is 2.10. The summed E-state index contributed by atoms with van der Waals surface area (Å²) >= 11 is 0. The molecule has 1 aromatic rings. The molecule has 5 nitrogen and oxygen atoms in total. The third-order valence-electron chi connectivity index (χ3n) is 3.87. The van der Waals surface area contributed by atoms with Gasteiger partial charge in [0.1, 0.15) is 0 Å². The number of hydrogen-bond acceptors (Lipinski definition) is 3. The van der Waals surface area contributed by atoms with Gasteiger partial charge in [0.2, 0.25) is 5.91 Å². The smallest absolute Gasteiger partial charge is 0.224 e. The van der Waals surface area contributed by atoms with Crippen molar-refractivity contribution in [1.82, 2.24) is 14.7 Å². The molecule has 1 amide bonds. The second kappa shape index (κ2) is 6.19. The summed E-state index contributed by atoms with van der Waals surface area (Å²) in [6.45, 7) is 6.43. The Kier molecular flexibility index (Phi) is 4.58. The fourth-order valence-corrected chi connectivity index (χ4v) is 2.63. The molecule has 0 aromatic carbocycles. The number of rotatable bonds is 4. The Morgan fingerprint density at radius 3 is 2.63 bits per heavy atom. The standard InChI is InChI=1S/C14H23N3O2/c1-11-9-12(2)17(15-11)8-5-14(19)16-6-3-13(10-18)4-7-16/h9,13,18H,3-8,10H2,1-2H3. The minimum atomic E-state index is 0.198. The molecular weight excluding hydrogens is 242 g/mol. The lowest BCUT2D eigenvalue weighted by atomic mass is 9.98. The highest BCUT2D eigenvalue weighted by Crippen LogP contribution is 2.17. The fourth-order valence-electron chi connectivity index (χ4n) is 2.63. The van der Waals surface area contributed by atoms with Crippen LogP contribution in [0.3, 0.4) is 0 Å². The molecule has 1 saturated heterocycles. The van der Waals surface area contributed by atoms with Crippen molar-refractivity contribution in [1.29, 1.82) is 0 Å². The molecular formula is C14H23N3O2. The van der Waals surface area contributed by atoms with E-state index in [4.69, 9.17) is 5.11 Å². The van der Waals surface area contributed by atoms with E-state index in [1.807, 2.05) is 29.5 Å². The average Bonchev–Trinajstić information content (AvgIpc) is 2.74. The maximum Gasteiger partial charge on any atom is 0.224 e. The van der Waals surface area contributed by atoms with Crippen LogP contribution in [0.5, 0.6) is 0 Å². The quantitative estimate of drug-likeness (QED) is 0.887. The zero-order valence-electron chi connectivity index (χ0n) is 11.8. The van der Waals surface area contributed by atoms with Crippen LogP contribution in [-0.4, -0.2) is 45.4 Å². The van der Waals surface area contributed by atoms with E-state index in [1.165, 1.54) is 0 Å². The third kappa shape index (κ3) is 3.56. The van der Waals surface area contributed by atoms with Gasteiger partial charge in [-0.05, 0) is 38.7 Å². The van der Waals surface area contributed by atoms with Crippen LogP contribution >= 0.6 is 0 Å². The summed E-state index contributed by atoms with van der Waals surface area (Å²) in [5.74, 6) is 0.573. The number of aromatic nitrogens is 2. The predicted octanol–water partition coefficient (Wildman–Crippen LogP) is 1.12.